The van der Waals surface area contributed by atoms with Gasteiger partial charge in [0.05, 0.1) is 0 Å². The fourth-order valence-corrected chi connectivity index (χ4v) is 2.20. The van der Waals surface area contributed by atoms with Gasteiger partial charge >= 0.3 is 6.18 Å². The summed E-state index contributed by atoms with van der Waals surface area (Å²) in [6.07, 6.45) is -1.25. The van der Waals surface area contributed by atoms with Crippen LogP contribution in [0, 0.1) is 0 Å². The second-order valence-corrected chi connectivity index (χ2v) is 4.73. The molecule has 3 nitrogen and oxygen atoms in total. The third kappa shape index (κ3) is 2.73. The lowest BCUT2D eigenvalue weighted by Gasteiger charge is -2.35. The minimum absolute atomic E-state index is 0.0854. The molecular weight excluding hydrogens is 233 g/mol. The lowest BCUT2D eigenvalue weighted by molar-refractivity contribution is -0.194. The van der Waals surface area contributed by atoms with Gasteiger partial charge in [0.25, 0.3) is 5.91 Å². The van der Waals surface area contributed by atoms with Crippen molar-refractivity contribution in [3.05, 3.63) is 0 Å². The first-order valence-electron chi connectivity index (χ1n) is 5.88. The fourth-order valence-electron chi connectivity index (χ4n) is 2.20. The maximum atomic E-state index is 12.7. The first kappa shape index (κ1) is 14.3. The number of halogens is 3. The van der Waals surface area contributed by atoms with E-state index < -0.39 is 17.6 Å². The van der Waals surface area contributed by atoms with Crippen LogP contribution < -0.4 is 5.73 Å². The number of nitrogens with zero attached hydrogens (tertiary/aromatic N) is 1. The summed E-state index contributed by atoms with van der Waals surface area (Å²) in [6, 6.07) is -0.0854. The standard InChI is InChI=1S/C11H19F3N2O/c1-3-16(8-6-4-5-7-8)9(17)10(2,15)11(12,13)14/h8H,3-7,15H2,1-2H3. The molecule has 1 rings (SSSR count). The average molecular weight is 252 g/mol. The molecule has 0 saturated heterocycles. The highest BCUT2D eigenvalue weighted by atomic mass is 19.4. The van der Waals surface area contributed by atoms with Crippen LogP contribution in [0.15, 0.2) is 0 Å². The highest BCUT2D eigenvalue weighted by molar-refractivity contribution is 5.87. The van der Waals surface area contributed by atoms with E-state index >= 15 is 0 Å². The van der Waals surface area contributed by atoms with Crippen molar-refractivity contribution >= 4 is 5.91 Å². The largest absolute Gasteiger partial charge is 0.415 e. The molecular formula is C11H19F3N2O. The van der Waals surface area contributed by atoms with E-state index in [-0.39, 0.29) is 12.6 Å². The molecule has 6 heteroatoms. The predicted molar refractivity (Wildman–Crippen MR) is 58.3 cm³/mol. The third-order valence-electron chi connectivity index (χ3n) is 3.40. The van der Waals surface area contributed by atoms with E-state index in [0.717, 1.165) is 32.6 Å². The minimum Gasteiger partial charge on any atom is -0.338 e. The monoisotopic (exact) mass is 252 g/mol. The molecule has 1 aliphatic carbocycles. The van der Waals surface area contributed by atoms with E-state index in [1.807, 2.05) is 0 Å². The van der Waals surface area contributed by atoms with Gasteiger partial charge in [-0.05, 0) is 26.7 Å². The number of alkyl halides is 3. The summed E-state index contributed by atoms with van der Waals surface area (Å²) in [5.74, 6) is -1.01. The van der Waals surface area contributed by atoms with Crippen LogP contribution in [0.4, 0.5) is 13.2 Å². The van der Waals surface area contributed by atoms with Crippen LogP contribution >= 0.6 is 0 Å². The molecule has 0 spiro atoms. The molecule has 0 bridgehead atoms. The number of hydrogen-bond acceptors (Lipinski definition) is 2. The van der Waals surface area contributed by atoms with Crippen molar-refractivity contribution in [3.63, 3.8) is 0 Å². The number of carbonyl (C=O) groups is 1. The Morgan fingerprint density at radius 2 is 1.82 bits per heavy atom. The van der Waals surface area contributed by atoms with Crippen molar-refractivity contribution in [1.82, 2.24) is 4.90 Å². The van der Waals surface area contributed by atoms with Gasteiger partial charge in [-0.2, -0.15) is 13.2 Å². The Kier molecular flexibility index (Phi) is 4.06. The maximum absolute atomic E-state index is 12.7. The van der Waals surface area contributed by atoms with Crippen LogP contribution in [-0.4, -0.2) is 35.1 Å². The van der Waals surface area contributed by atoms with E-state index in [4.69, 9.17) is 5.73 Å². The van der Waals surface area contributed by atoms with Crippen LogP contribution in [0.3, 0.4) is 0 Å². The Labute approximate surface area is 99.1 Å². The molecule has 1 atom stereocenters. The van der Waals surface area contributed by atoms with Crippen molar-refractivity contribution in [2.75, 3.05) is 6.54 Å². The third-order valence-corrected chi connectivity index (χ3v) is 3.40. The van der Waals surface area contributed by atoms with Gasteiger partial charge in [-0.3, -0.25) is 4.79 Å². The van der Waals surface area contributed by atoms with Crippen molar-refractivity contribution in [2.45, 2.75) is 57.3 Å². The van der Waals surface area contributed by atoms with Gasteiger partial charge in [0.15, 0.2) is 5.54 Å². The molecule has 0 radical (unpaired) electrons. The van der Waals surface area contributed by atoms with Crippen molar-refractivity contribution in [2.24, 2.45) is 5.73 Å². The Morgan fingerprint density at radius 1 is 1.35 bits per heavy atom. The van der Waals surface area contributed by atoms with E-state index in [1.54, 1.807) is 6.92 Å². The van der Waals surface area contributed by atoms with Crippen LogP contribution in [0.1, 0.15) is 39.5 Å². The Bertz CT molecular complexity index is 283. The number of nitrogens with two attached hydrogens (primary N) is 1. The molecule has 1 saturated carbocycles. The second kappa shape index (κ2) is 4.84. The molecule has 2 N–H and O–H groups in total. The Balaban J connectivity index is 2.85. The summed E-state index contributed by atoms with van der Waals surface area (Å²) in [7, 11) is 0. The lowest BCUT2D eigenvalue weighted by atomic mass is 9.99. The van der Waals surface area contributed by atoms with Gasteiger partial charge < -0.3 is 10.6 Å². The summed E-state index contributed by atoms with van der Waals surface area (Å²) < 4.78 is 38.1. The molecule has 17 heavy (non-hydrogen) atoms. The zero-order valence-electron chi connectivity index (χ0n) is 10.2. The number of likely N-dealkylation sites (N-methyl/N-ethyl adjacent to an activating group) is 1. The van der Waals surface area contributed by atoms with E-state index in [2.05, 4.69) is 0 Å². The number of rotatable bonds is 3. The molecule has 0 aromatic rings. The van der Waals surface area contributed by atoms with Crippen LogP contribution in [0.2, 0.25) is 0 Å². The predicted octanol–water partition coefficient (Wildman–Crippen LogP) is 2.06. The van der Waals surface area contributed by atoms with E-state index in [9.17, 15) is 18.0 Å². The van der Waals surface area contributed by atoms with Gasteiger partial charge in [0, 0.05) is 12.6 Å². The summed E-state index contributed by atoms with van der Waals surface area (Å²) in [4.78, 5) is 13.2. The van der Waals surface area contributed by atoms with Crippen molar-refractivity contribution in [3.8, 4) is 0 Å². The molecule has 0 aliphatic heterocycles. The molecule has 0 aromatic carbocycles. The zero-order valence-corrected chi connectivity index (χ0v) is 10.2. The summed E-state index contributed by atoms with van der Waals surface area (Å²) in [5.41, 5.74) is 2.38. The number of amides is 1. The van der Waals surface area contributed by atoms with Gasteiger partial charge in [-0.1, -0.05) is 12.8 Å². The molecule has 1 fully saturated rings. The molecule has 0 heterocycles. The Morgan fingerprint density at radius 3 is 2.18 bits per heavy atom. The van der Waals surface area contributed by atoms with E-state index in [1.165, 1.54) is 4.90 Å². The number of hydrogen-bond donors (Lipinski definition) is 1. The summed E-state index contributed by atoms with van der Waals surface area (Å²) in [5, 5.41) is 0. The second-order valence-electron chi connectivity index (χ2n) is 4.73. The normalized spacial score (nSPS) is 21.3. The molecule has 1 amide bonds. The molecule has 1 unspecified atom stereocenters. The topological polar surface area (TPSA) is 46.3 Å². The average Bonchev–Trinajstić information content (AvgIpc) is 2.70. The highest BCUT2D eigenvalue weighted by Crippen LogP contribution is 2.32. The van der Waals surface area contributed by atoms with Crippen LogP contribution in [0.25, 0.3) is 0 Å². The van der Waals surface area contributed by atoms with Crippen molar-refractivity contribution < 1.29 is 18.0 Å². The van der Waals surface area contributed by atoms with Crippen LogP contribution in [-0.2, 0) is 4.79 Å². The SMILES string of the molecule is CCN(C(=O)C(C)(N)C(F)(F)F)C1CCCC1. The summed E-state index contributed by atoms with van der Waals surface area (Å²) >= 11 is 0. The quantitative estimate of drug-likeness (QED) is 0.835. The fraction of sp³-hybridized carbons (Fsp3) is 0.909. The van der Waals surface area contributed by atoms with Gasteiger partial charge in [-0.25, -0.2) is 0 Å². The zero-order chi connectivity index (χ0) is 13.3. The van der Waals surface area contributed by atoms with Gasteiger partial charge in [0.1, 0.15) is 0 Å². The first-order chi connectivity index (χ1) is 7.71. The number of carbonyl (C=O) groups excluding carboxylic acids is 1. The van der Waals surface area contributed by atoms with E-state index in [0.29, 0.717) is 0 Å². The Hall–Kier alpha value is -0.780. The van der Waals surface area contributed by atoms with Gasteiger partial charge in [0.2, 0.25) is 0 Å². The van der Waals surface area contributed by atoms with Crippen molar-refractivity contribution in [1.29, 1.82) is 0 Å². The summed E-state index contributed by atoms with van der Waals surface area (Å²) in [6.45, 7) is 2.70. The van der Waals surface area contributed by atoms with Crippen LogP contribution in [0.5, 0.6) is 0 Å². The molecule has 100 valence electrons. The highest BCUT2D eigenvalue weighted by Gasteiger charge is 2.55. The molecule has 0 aromatic heterocycles. The molecule has 1 aliphatic rings. The first-order valence-corrected chi connectivity index (χ1v) is 5.88. The smallest absolute Gasteiger partial charge is 0.338 e. The minimum atomic E-state index is -4.71. The lowest BCUT2D eigenvalue weighted by Crippen LogP contribution is -2.63. The maximum Gasteiger partial charge on any atom is 0.415 e. The van der Waals surface area contributed by atoms with Gasteiger partial charge in [-0.15, -0.1) is 0 Å².